The molecule has 21 heavy (non-hydrogen) atoms. The van der Waals surface area contributed by atoms with Crippen LogP contribution in [0.15, 0.2) is 47.7 Å². The van der Waals surface area contributed by atoms with Gasteiger partial charge in [-0.2, -0.15) is 5.10 Å². The molecule has 0 aliphatic rings. The molecule has 0 amide bonds. The standard InChI is InChI=1S/C15H21N5.HI/c1-12(2)8-17-15(16)18-9-13-10-19-20(11-13)14-6-4-3-5-7-14;/h3-7,10-12H,8-9H2,1-2H3,(H3,16,17,18);1H. The summed E-state index contributed by atoms with van der Waals surface area (Å²) < 4.78 is 1.84. The van der Waals surface area contributed by atoms with Crippen LogP contribution < -0.4 is 11.1 Å². The zero-order valence-electron chi connectivity index (χ0n) is 12.4. The molecule has 0 bridgehead atoms. The highest BCUT2D eigenvalue weighted by Crippen LogP contribution is 2.08. The topological polar surface area (TPSA) is 68.2 Å². The van der Waals surface area contributed by atoms with Crippen LogP contribution in [0.25, 0.3) is 5.69 Å². The van der Waals surface area contributed by atoms with Gasteiger partial charge in [-0.3, -0.25) is 0 Å². The van der Waals surface area contributed by atoms with Crippen molar-refractivity contribution in [2.24, 2.45) is 16.6 Å². The van der Waals surface area contributed by atoms with Crippen LogP contribution in [0.2, 0.25) is 0 Å². The van der Waals surface area contributed by atoms with Crippen LogP contribution in [0.5, 0.6) is 0 Å². The maximum absolute atomic E-state index is 5.80. The summed E-state index contributed by atoms with van der Waals surface area (Å²) in [6.07, 6.45) is 3.78. The van der Waals surface area contributed by atoms with Crippen molar-refractivity contribution < 1.29 is 0 Å². The number of nitrogens with two attached hydrogens (primary N) is 1. The molecule has 0 saturated heterocycles. The van der Waals surface area contributed by atoms with Gasteiger partial charge in [-0.15, -0.1) is 24.0 Å². The Kier molecular flexibility index (Phi) is 7.21. The van der Waals surface area contributed by atoms with E-state index in [1.807, 2.05) is 47.4 Å². The fourth-order valence-electron chi connectivity index (χ4n) is 1.70. The van der Waals surface area contributed by atoms with Gasteiger partial charge >= 0.3 is 0 Å². The second-order valence-electron chi connectivity index (χ2n) is 5.10. The molecule has 3 N–H and O–H groups in total. The molecule has 5 nitrogen and oxygen atoms in total. The molecule has 2 rings (SSSR count). The molecule has 0 aliphatic heterocycles. The van der Waals surface area contributed by atoms with Crippen LogP contribution in [-0.4, -0.2) is 22.3 Å². The molecule has 0 saturated carbocycles. The molecule has 0 atom stereocenters. The number of aliphatic imine (C=N–C) groups is 1. The third-order valence-electron chi connectivity index (χ3n) is 2.78. The van der Waals surface area contributed by atoms with Crippen molar-refractivity contribution >= 4 is 29.9 Å². The van der Waals surface area contributed by atoms with E-state index in [2.05, 4.69) is 29.3 Å². The van der Waals surface area contributed by atoms with Gasteiger partial charge in [0.15, 0.2) is 5.96 Å². The van der Waals surface area contributed by atoms with E-state index in [1.165, 1.54) is 0 Å². The Bertz CT molecular complexity index is 562. The molecule has 2 aromatic rings. The van der Waals surface area contributed by atoms with Crippen LogP contribution >= 0.6 is 24.0 Å². The number of halogens is 1. The van der Waals surface area contributed by atoms with Crippen LogP contribution in [0, 0.1) is 5.92 Å². The zero-order valence-corrected chi connectivity index (χ0v) is 14.7. The van der Waals surface area contributed by atoms with Gasteiger partial charge in [0.05, 0.1) is 18.4 Å². The monoisotopic (exact) mass is 399 g/mol. The number of hydrogen-bond acceptors (Lipinski definition) is 2. The fourth-order valence-corrected chi connectivity index (χ4v) is 1.70. The third kappa shape index (κ3) is 5.74. The number of benzene rings is 1. The first-order valence-electron chi connectivity index (χ1n) is 6.78. The Hall–Kier alpha value is -1.57. The highest BCUT2D eigenvalue weighted by molar-refractivity contribution is 14.0. The first-order chi connectivity index (χ1) is 9.65. The minimum absolute atomic E-state index is 0. The third-order valence-corrected chi connectivity index (χ3v) is 2.78. The lowest BCUT2D eigenvalue weighted by Gasteiger charge is -2.07. The summed E-state index contributed by atoms with van der Waals surface area (Å²) in [4.78, 5) is 4.30. The molecule has 0 spiro atoms. The minimum atomic E-state index is 0. The van der Waals surface area contributed by atoms with E-state index in [-0.39, 0.29) is 24.0 Å². The first kappa shape index (κ1) is 17.5. The average molecular weight is 399 g/mol. The quantitative estimate of drug-likeness (QED) is 0.461. The van der Waals surface area contributed by atoms with Crippen molar-refractivity contribution in [3.8, 4) is 5.69 Å². The summed E-state index contributed by atoms with van der Waals surface area (Å²) >= 11 is 0. The summed E-state index contributed by atoms with van der Waals surface area (Å²) in [7, 11) is 0. The summed E-state index contributed by atoms with van der Waals surface area (Å²) in [6.45, 7) is 5.62. The molecular formula is C15H22IN5. The maximum atomic E-state index is 5.80. The normalized spacial score (nSPS) is 11.3. The number of nitrogens with zero attached hydrogens (tertiary/aromatic N) is 3. The van der Waals surface area contributed by atoms with E-state index in [4.69, 9.17) is 5.73 Å². The van der Waals surface area contributed by atoms with Crippen LogP contribution in [0.1, 0.15) is 19.4 Å². The van der Waals surface area contributed by atoms with Crippen molar-refractivity contribution in [2.45, 2.75) is 20.4 Å². The van der Waals surface area contributed by atoms with Crippen LogP contribution in [0.4, 0.5) is 0 Å². The van der Waals surface area contributed by atoms with Crippen LogP contribution in [-0.2, 0) is 6.54 Å². The Morgan fingerprint density at radius 3 is 2.71 bits per heavy atom. The number of nitrogens with one attached hydrogen (secondary N) is 1. The van der Waals surface area contributed by atoms with Crippen molar-refractivity contribution in [2.75, 3.05) is 6.54 Å². The van der Waals surface area contributed by atoms with E-state index in [9.17, 15) is 0 Å². The number of hydrogen-bond donors (Lipinski definition) is 2. The largest absolute Gasteiger partial charge is 0.370 e. The molecule has 1 heterocycles. The molecular weight excluding hydrogens is 377 g/mol. The predicted molar refractivity (Wildman–Crippen MR) is 97.1 cm³/mol. The Morgan fingerprint density at radius 1 is 1.33 bits per heavy atom. The molecule has 6 heteroatoms. The molecule has 0 radical (unpaired) electrons. The average Bonchev–Trinajstić information content (AvgIpc) is 2.93. The van der Waals surface area contributed by atoms with E-state index in [0.29, 0.717) is 18.4 Å². The number of aromatic nitrogens is 2. The molecule has 0 unspecified atom stereocenters. The maximum Gasteiger partial charge on any atom is 0.188 e. The number of guanidine groups is 1. The van der Waals surface area contributed by atoms with Crippen molar-refractivity contribution in [3.63, 3.8) is 0 Å². The Labute approximate surface area is 142 Å². The lowest BCUT2D eigenvalue weighted by Crippen LogP contribution is -2.34. The van der Waals surface area contributed by atoms with Gasteiger partial charge in [0.1, 0.15) is 0 Å². The lowest BCUT2D eigenvalue weighted by atomic mass is 10.2. The highest BCUT2D eigenvalue weighted by atomic mass is 127. The van der Waals surface area contributed by atoms with Gasteiger partial charge in [0, 0.05) is 18.3 Å². The predicted octanol–water partition coefficient (Wildman–Crippen LogP) is 2.55. The summed E-state index contributed by atoms with van der Waals surface area (Å²) in [5, 5.41) is 7.42. The van der Waals surface area contributed by atoms with Gasteiger partial charge in [0.25, 0.3) is 0 Å². The van der Waals surface area contributed by atoms with Crippen molar-refractivity contribution in [1.82, 2.24) is 15.1 Å². The Morgan fingerprint density at radius 2 is 2.05 bits per heavy atom. The smallest absolute Gasteiger partial charge is 0.188 e. The SMILES string of the molecule is CC(C)CNC(N)=NCc1cnn(-c2ccccc2)c1.I. The van der Waals surface area contributed by atoms with Crippen molar-refractivity contribution in [3.05, 3.63) is 48.3 Å². The summed E-state index contributed by atoms with van der Waals surface area (Å²) in [5.74, 6) is 1.02. The number of rotatable bonds is 5. The van der Waals surface area contributed by atoms with Gasteiger partial charge in [-0.05, 0) is 18.1 Å². The van der Waals surface area contributed by atoms with Gasteiger partial charge in [0.2, 0.25) is 0 Å². The van der Waals surface area contributed by atoms with Gasteiger partial charge in [-0.1, -0.05) is 32.0 Å². The zero-order chi connectivity index (χ0) is 14.4. The fraction of sp³-hybridized carbons (Fsp3) is 0.333. The van der Waals surface area contributed by atoms with E-state index < -0.39 is 0 Å². The molecule has 0 fully saturated rings. The summed E-state index contributed by atoms with van der Waals surface area (Å²) in [6, 6.07) is 9.99. The van der Waals surface area contributed by atoms with Crippen LogP contribution in [0.3, 0.4) is 0 Å². The van der Waals surface area contributed by atoms with Gasteiger partial charge in [-0.25, -0.2) is 9.67 Å². The summed E-state index contributed by atoms with van der Waals surface area (Å²) in [5.41, 5.74) is 7.87. The minimum Gasteiger partial charge on any atom is -0.370 e. The second kappa shape index (κ2) is 8.66. The lowest BCUT2D eigenvalue weighted by molar-refractivity contribution is 0.622. The van der Waals surface area contributed by atoms with Crippen molar-refractivity contribution in [1.29, 1.82) is 0 Å². The first-order valence-corrected chi connectivity index (χ1v) is 6.78. The molecule has 0 aliphatic carbocycles. The van der Waals surface area contributed by atoms with E-state index in [0.717, 1.165) is 17.8 Å². The Balaban J connectivity index is 0.00000220. The molecule has 1 aromatic carbocycles. The molecule has 1 aromatic heterocycles. The van der Waals surface area contributed by atoms with E-state index >= 15 is 0 Å². The highest BCUT2D eigenvalue weighted by Gasteiger charge is 2.00. The van der Waals surface area contributed by atoms with E-state index in [1.54, 1.807) is 0 Å². The number of para-hydroxylation sites is 1. The molecule has 114 valence electrons. The van der Waals surface area contributed by atoms with Gasteiger partial charge < -0.3 is 11.1 Å². The second-order valence-corrected chi connectivity index (χ2v) is 5.10.